The molecule has 0 radical (unpaired) electrons. The van der Waals surface area contributed by atoms with E-state index in [0.717, 1.165) is 24.6 Å². The SMILES string of the molecule is Cc1cc2c(cc1C1CNC1)OCO2. The van der Waals surface area contributed by atoms with Crippen LogP contribution in [-0.2, 0) is 0 Å². The smallest absolute Gasteiger partial charge is 0.231 e. The zero-order valence-electron chi connectivity index (χ0n) is 8.17. The summed E-state index contributed by atoms with van der Waals surface area (Å²) >= 11 is 0. The lowest BCUT2D eigenvalue weighted by atomic mass is 9.90. The molecule has 0 amide bonds. The molecule has 1 aromatic rings. The molecule has 1 fully saturated rings. The Balaban J connectivity index is 2.03. The van der Waals surface area contributed by atoms with Crippen LogP contribution < -0.4 is 14.8 Å². The van der Waals surface area contributed by atoms with Crippen LogP contribution in [0.4, 0.5) is 0 Å². The number of ether oxygens (including phenoxy) is 2. The molecule has 2 aliphatic heterocycles. The summed E-state index contributed by atoms with van der Waals surface area (Å²) in [4.78, 5) is 0. The third-order valence-electron chi connectivity index (χ3n) is 2.98. The molecular weight excluding hydrogens is 178 g/mol. The molecule has 0 atom stereocenters. The lowest BCUT2D eigenvalue weighted by Gasteiger charge is -2.28. The lowest BCUT2D eigenvalue weighted by Crippen LogP contribution is -2.40. The number of fused-ring (bicyclic) bond motifs is 1. The minimum absolute atomic E-state index is 0.362. The largest absolute Gasteiger partial charge is 0.454 e. The van der Waals surface area contributed by atoms with Gasteiger partial charge in [0, 0.05) is 19.0 Å². The first-order valence-corrected chi connectivity index (χ1v) is 4.95. The van der Waals surface area contributed by atoms with Gasteiger partial charge in [0.1, 0.15) is 0 Å². The Morgan fingerprint density at radius 1 is 1.21 bits per heavy atom. The molecule has 2 aliphatic rings. The highest BCUT2D eigenvalue weighted by molar-refractivity contribution is 5.49. The Labute approximate surface area is 83.0 Å². The average Bonchev–Trinajstić information content (AvgIpc) is 2.48. The van der Waals surface area contributed by atoms with Crippen LogP contribution in [0, 0.1) is 6.92 Å². The van der Waals surface area contributed by atoms with Crippen molar-refractivity contribution < 1.29 is 9.47 Å². The Morgan fingerprint density at radius 2 is 1.93 bits per heavy atom. The first-order chi connectivity index (χ1) is 6.84. The molecule has 0 aliphatic carbocycles. The molecule has 0 saturated carbocycles. The standard InChI is InChI=1S/C11H13NO2/c1-7-2-10-11(14-6-13-10)3-9(7)8-4-12-5-8/h2-3,8,12H,4-6H2,1H3. The normalized spacial score (nSPS) is 19.5. The van der Waals surface area contributed by atoms with E-state index in [4.69, 9.17) is 9.47 Å². The van der Waals surface area contributed by atoms with Crippen LogP contribution in [0.5, 0.6) is 11.5 Å². The van der Waals surface area contributed by atoms with E-state index < -0.39 is 0 Å². The van der Waals surface area contributed by atoms with Crippen molar-refractivity contribution >= 4 is 0 Å². The van der Waals surface area contributed by atoms with Crippen LogP contribution >= 0.6 is 0 Å². The van der Waals surface area contributed by atoms with Gasteiger partial charge in [-0.2, -0.15) is 0 Å². The van der Waals surface area contributed by atoms with Gasteiger partial charge in [0.05, 0.1) is 0 Å². The van der Waals surface area contributed by atoms with Gasteiger partial charge in [0.25, 0.3) is 0 Å². The van der Waals surface area contributed by atoms with Gasteiger partial charge >= 0.3 is 0 Å². The molecular formula is C11H13NO2. The minimum atomic E-state index is 0.362. The molecule has 0 bridgehead atoms. The monoisotopic (exact) mass is 191 g/mol. The van der Waals surface area contributed by atoms with Crippen molar-refractivity contribution in [3.63, 3.8) is 0 Å². The van der Waals surface area contributed by atoms with Crippen molar-refractivity contribution in [2.75, 3.05) is 19.9 Å². The van der Waals surface area contributed by atoms with E-state index in [1.165, 1.54) is 11.1 Å². The van der Waals surface area contributed by atoms with Crippen molar-refractivity contribution in [3.8, 4) is 11.5 Å². The summed E-state index contributed by atoms with van der Waals surface area (Å²) in [5.41, 5.74) is 2.70. The number of rotatable bonds is 1. The fourth-order valence-electron chi connectivity index (χ4n) is 2.01. The van der Waals surface area contributed by atoms with Crippen molar-refractivity contribution in [1.82, 2.24) is 5.32 Å². The highest BCUT2D eigenvalue weighted by Crippen LogP contribution is 2.37. The summed E-state index contributed by atoms with van der Waals surface area (Å²) < 4.78 is 10.7. The maximum Gasteiger partial charge on any atom is 0.231 e. The van der Waals surface area contributed by atoms with Crippen LogP contribution in [0.1, 0.15) is 17.0 Å². The number of hydrogen-bond donors (Lipinski definition) is 1. The number of benzene rings is 1. The molecule has 0 unspecified atom stereocenters. The third-order valence-corrected chi connectivity index (χ3v) is 2.98. The molecule has 0 spiro atoms. The number of aryl methyl sites for hydroxylation is 1. The Morgan fingerprint density at radius 3 is 2.57 bits per heavy atom. The van der Waals surface area contributed by atoms with Crippen molar-refractivity contribution in [2.24, 2.45) is 0 Å². The van der Waals surface area contributed by atoms with Gasteiger partial charge in [0.15, 0.2) is 11.5 Å². The fraction of sp³-hybridized carbons (Fsp3) is 0.455. The first kappa shape index (κ1) is 8.12. The fourth-order valence-corrected chi connectivity index (χ4v) is 2.01. The van der Waals surface area contributed by atoms with E-state index in [-0.39, 0.29) is 0 Å². The number of hydrogen-bond acceptors (Lipinski definition) is 3. The van der Waals surface area contributed by atoms with Gasteiger partial charge in [-0.05, 0) is 30.2 Å². The Hall–Kier alpha value is -1.22. The maximum absolute atomic E-state index is 5.37. The highest BCUT2D eigenvalue weighted by atomic mass is 16.7. The molecule has 1 aromatic carbocycles. The van der Waals surface area contributed by atoms with Gasteiger partial charge in [0.2, 0.25) is 6.79 Å². The van der Waals surface area contributed by atoms with Gasteiger partial charge in [-0.1, -0.05) is 0 Å². The van der Waals surface area contributed by atoms with E-state index in [0.29, 0.717) is 12.7 Å². The molecule has 3 heteroatoms. The predicted molar refractivity (Wildman–Crippen MR) is 52.9 cm³/mol. The van der Waals surface area contributed by atoms with Crippen LogP contribution in [0.2, 0.25) is 0 Å². The van der Waals surface area contributed by atoms with Crippen molar-refractivity contribution in [1.29, 1.82) is 0 Å². The van der Waals surface area contributed by atoms with E-state index in [1.54, 1.807) is 0 Å². The predicted octanol–water partition coefficient (Wildman–Crippen LogP) is 1.41. The van der Waals surface area contributed by atoms with Crippen molar-refractivity contribution in [2.45, 2.75) is 12.8 Å². The number of nitrogens with one attached hydrogen (secondary N) is 1. The molecule has 3 nitrogen and oxygen atoms in total. The molecule has 14 heavy (non-hydrogen) atoms. The summed E-state index contributed by atoms with van der Waals surface area (Å²) in [6.07, 6.45) is 0. The molecule has 2 heterocycles. The quantitative estimate of drug-likeness (QED) is 0.728. The van der Waals surface area contributed by atoms with E-state index >= 15 is 0 Å². The second kappa shape index (κ2) is 2.89. The summed E-state index contributed by atoms with van der Waals surface area (Å²) in [5, 5.41) is 3.28. The second-order valence-corrected chi connectivity index (χ2v) is 3.92. The van der Waals surface area contributed by atoms with Crippen molar-refractivity contribution in [3.05, 3.63) is 23.3 Å². The topological polar surface area (TPSA) is 30.5 Å². The van der Waals surface area contributed by atoms with Crippen LogP contribution in [-0.4, -0.2) is 19.9 Å². The third kappa shape index (κ3) is 1.09. The average molecular weight is 191 g/mol. The van der Waals surface area contributed by atoms with E-state index in [2.05, 4.69) is 24.4 Å². The first-order valence-electron chi connectivity index (χ1n) is 4.95. The van der Waals surface area contributed by atoms with Gasteiger partial charge in [-0.3, -0.25) is 0 Å². The zero-order valence-corrected chi connectivity index (χ0v) is 8.17. The van der Waals surface area contributed by atoms with Gasteiger partial charge < -0.3 is 14.8 Å². The van der Waals surface area contributed by atoms with Crippen LogP contribution in [0.25, 0.3) is 0 Å². The molecule has 1 saturated heterocycles. The summed E-state index contributed by atoms with van der Waals surface area (Å²) in [5.74, 6) is 2.44. The minimum Gasteiger partial charge on any atom is -0.454 e. The summed E-state index contributed by atoms with van der Waals surface area (Å²) in [6.45, 7) is 4.66. The molecule has 1 N–H and O–H groups in total. The lowest BCUT2D eigenvalue weighted by molar-refractivity contribution is 0.174. The Bertz CT molecular complexity index is 372. The van der Waals surface area contributed by atoms with E-state index in [9.17, 15) is 0 Å². The second-order valence-electron chi connectivity index (χ2n) is 3.92. The maximum atomic E-state index is 5.37. The van der Waals surface area contributed by atoms with Gasteiger partial charge in [-0.15, -0.1) is 0 Å². The molecule has 0 aromatic heterocycles. The van der Waals surface area contributed by atoms with Gasteiger partial charge in [-0.25, -0.2) is 0 Å². The molecule has 74 valence electrons. The van der Waals surface area contributed by atoms with Crippen LogP contribution in [0.15, 0.2) is 12.1 Å². The van der Waals surface area contributed by atoms with Crippen LogP contribution in [0.3, 0.4) is 0 Å². The highest BCUT2D eigenvalue weighted by Gasteiger charge is 2.24. The summed E-state index contributed by atoms with van der Waals surface area (Å²) in [7, 11) is 0. The Kier molecular flexibility index (Phi) is 1.67. The zero-order chi connectivity index (χ0) is 9.54. The molecule has 3 rings (SSSR count). The summed E-state index contributed by atoms with van der Waals surface area (Å²) in [6, 6.07) is 4.21. The van der Waals surface area contributed by atoms with E-state index in [1.807, 2.05) is 0 Å².